The van der Waals surface area contributed by atoms with Crippen LogP contribution in [0.15, 0.2) is 73.1 Å². The fraction of sp³-hybridized carbons (Fsp3) is 0.323. The zero-order valence-electron chi connectivity index (χ0n) is 23.5. The average Bonchev–Trinajstić information content (AvgIpc) is 3.28. The first-order valence-corrected chi connectivity index (χ1v) is 13.5. The van der Waals surface area contributed by atoms with E-state index in [9.17, 15) is 35.9 Å². The Kier molecular flexibility index (Phi) is 9.46. The van der Waals surface area contributed by atoms with E-state index in [0.717, 1.165) is 27.1 Å². The van der Waals surface area contributed by atoms with E-state index < -0.39 is 41.0 Å². The molecule has 1 atom stereocenters. The predicted molar refractivity (Wildman–Crippen MR) is 149 cm³/mol. The van der Waals surface area contributed by atoms with Crippen LogP contribution in [0.2, 0.25) is 0 Å². The number of halogens is 6. The van der Waals surface area contributed by atoms with Gasteiger partial charge in [-0.1, -0.05) is 24.3 Å². The molecule has 0 bridgehead atoms. The molecule has 0 saturated carbocycles. The molecule has 6 nitrogen and oxygen atoms in total. The van der Waals surface area contributed by atoms with Crippen LogP contribution in [0.1, 0.15) is 45.6 Å². The minimum Gasteiger partial charge on any atom is -0.356 e. The number of hydrogen-bond acceptors (Lipinski definition) is 3. The molecule has 0 spiro atoms. The first-order chi connectivity index (χ1) is 20.2. The molecular weight excluding hydrogens is 574 g/mol. The summed E-state index contributed by atoms with van der Waals surface area (Å²) in [5, 5.41) is 3.68. The van der Waals surface area contributed by atoms with Crippen LogP contribution in [0.25, 0.3) is 10.9 Å². The summed E-state index contributed by atoms with van der Waals surface area (Å²) < 4.78 is 82.7. The number of hydrogen-bond donors (Lipinski definition) is 1. The maximum absolute atomic E-state index is 13.5. The van der Waals surface area contributed by atoms with Gasteiger partial charge in [0, 0.05) is 74.1 Å². The molecule has 0 aliphatic carbocycles. The van der Waals surface area contributed by atoms with Crippen molar-refractivity contribution in [3.8, 4) is 0 Å². The SMILES string of the molecule is CN(C(=O)c1cc(C(F)(F)F)cc(C(F)(F)F)c1)C(CCC(=O)NCCc1ccccn1)Cc1cn(C)c2ccccc12. The van der Waals surface area contributed by atoms with Crippen LogP contribution in [0, 0.1) is 0 Å². The highest BCUT2D eigenvalue weighted by molar-refractivity contribution is 5.95. The zero-order chi connectivity index (χ0) is 31.4. The first kappa shape index (κ1) is 31.6. The molecule has 2 amide bonds. The molecule has 43 heavy (non-hydrogen) atoms. The molecule has 1 unspecified atom stereocenters. The number of aryl methyl sites for hydroxylation is 1. The lowest BCUT2D eigenvalue weighted by atomic mass is 9.98. The topological polar surface area (TPSA) is 67.2 Å². The highest BCUT2D eigenvalue weighted by Crippen LogP contribution is 2.37. The Hall–Kier alpha value is -4.35. The third kappa shape index (κ3) is 7.94. The molecule has 2 heterocycles. The zero-order valence-corrected chi connectivity index (χ0v) is 23.5. The summed E-state index contributed by atoms with van der Waals surface area (Å²) in [5.74, 6) is -1.32. The van der Waals surface area contributed by atoms with Gasteiger partial charge in [0.2, 0.25) is 5.91 Å². The van der Waals surface area contributed by atoms with Crippen LogP contribution in [0.4, 0.5) is 26.3 Å². The van der Waals surface area contributed by atoms with Gasteiger partial charge in [-0.05, 0) is 54.8 Å². The number of carbonyl (C=O) groups excluding carboxylic acids is 2. The predicted octanol–water partition coefficient (Wildman–Crippen LogP) is 6.43. The number of nitrogens with one attached hydrogen (secondary N) is 1. The summed E-state index contributed by atoms with van der Waals surface area (Å²) in [4.78, 5) is 31.5. The molecule has 4 rings (SSSR count). The van der Waals surface area contributed by atoms with Crippen LogP contribution in [-0.2, 0) is 37.0 Å². The van der Waals surface area contributed by atoms with Crippen molar-refractivity contribution >= 4 is 22.7 Å². The second-order valence-corrected chi connectivity index (χ2v) is 10.3. The number of amides is 2. The van der Waals surface area contributed by atoms with E-state index in [1.54, 1.807) is 12.3 Å². The third-order valence-electron chi connectivity index (χ3n) is 7.27. The van der Waals surface area contributed by atoms with Crippen molar-refractivity contribution in [3.63, 3.8) is 0 Å². The van der Waals surface area contributed by atoms with E-state index in [-0.39, 0.29) is 31.2 Å². The summed E-state index contributed by atoms with van der Waals surface area (Å²) in [5.41, 5.74) is -1.37. The smallest absolute Gasteiger partial charge is 0.356 e. The molecule has 12 heteroatoms. The molecule has 0 fully saturated rings. The van der Waals surface area contributed by atoms with Gasteiger partial charge < -0.3 is 14.8 Å². The molecule has 0 saturated heterocycles. The second kappa shape index (κ2) is 12.9. The standard InChI is InChI=1S/C31H30F6N4O2/c1-40-19-21(26-8-3-4-9-27(26)40)17-25(10-11-28(42)39-14-12-24-7-5-6-13-38-24)41(2)29(43)20-15-22(30(32,33)34)18-23(16-20)31(35,36)37/h3-9,13,15-16,18-19,25H,10-12,14,17H2,1-2H3,(H,39,42). The Balaban J connectivity index is 1.58. The summed E-state index contributed by atoms with van der Waals surface area (Å²) >= 11 is 0. The number of fused-ring (bicyclic) bond motifs is 1. The number of benzene rings is 2. The molecule has 228 valence electrons. The minimum atomic E-state index is -5.09. The number of rotatable bonds is 10. The fourth-order valence-electron chi connectivity index (χ4n) is 4.98. The Morgan fingerprint density at radius 3 is 2.23 bits per heavy atom. The van der Waals surface area contributed by atoms with Gasteiger partial charge in [0.05, 0.1) is 11.1 Å². The molecule has 0 radical (unpaired) electrons. The van der Waals surface area contributed by atoms with Crippen molar-refractivity contribution in [2.24, 2.45) is 7.05 Å². The molecule has 0 aliphatic heterocycles. The maximum atomic E-state index is 13.5. The van der Waals surface area contributed by atoms with Crippen LogP contribution in [0.3, 0.4) is 0 Å². The summed E-state index contributed by atoms with van der Waals surface area (Å²) in [6.45, 7) is 0.322. The van der Waals surface area contributed by atoms with Gasteiger partial charge in [0.25, 0.3) is 5.91 Å². The van der Waals surface area contributed by atoms with Gasteiger partial charge in [-0.2, -0.15) is 26.3 Å². The van der Waals surface area contributed by atoms with E-state index in [0.29, 0.717) is 25.1 Å². The van der Waals surface area contributed by atoms with Crippen LogP contribution < -0.4 is 5.32 Å². The highest BCUT2D eigenvalue weighted by atomic mass is 19.4. The quantitative estimate of drug-likeness (QED) is 0.212. The van der Waals surface area contributed by atoms with Crippen LogP contribution >= 0.6 is 0 Å². The number of para-hydroxylation sites is 1. The Morgan fingerprint density at radius 2 is 1.60 bits per heavy atom. The number of pyridine rings is 1. The molecule has 4 aromatic rings. The number of nitrogens with zero attached hydrogens (tertiary/aromatic N) is 3. The van der Waals surface area contributed by atoms with E-state index in [2.05, 4.69) is 10.3 Å². The van der Waals surface area contributed by atoms with Gasteiger partial charge >= 0.3 is 12.4 Å². The number of alkyl halides is 6. The summed E-state index contributed by atoms with van der Waals surface area (Å²) in [7, 11) is 3.16. The normalized spacial score (nSPS) is 12.7. The number of aromatic nitrogens is 2. The Morgan fingerprint density at radius 1 is 0.953 bits per heavy atom. The lowest BCUT2D eigenvalue weighted by Crippen LogP contribution is -2.40. The number of likely N-dealkylation sites (N-methyl/N-ethyl adjacent to an activating group) is 1. The molecular formula is C31H30F6N4O2. The van der Waals surface area contributed by atoms with E-state index in [1.807, 2.05) is 54.2 Å². The summed E-state index contributed by atoms with van der Waals surface area (Å²) in [6.07, 6.45) is -5.87. The van der Waals surface area contributed by atoms with Gasteiger partial charge in [-0.25, -0.2) is 0 Å². The van der Waals surface area contributed by atoms with Crippen molar-refractivity contribution in [2.75, 3.05) is 13.6 Å². The van der Waals surface area contributed by atoms with E-state index in [4.69, 9.17) is 0 Å². The van der Waals surface area contributed by atoms with Crippen LogP contribution in [-0.4, -0.2) is 45.9 Å². The van der Waals surface area contributed by atoms with Crippen molar-refractivity contribution < 1.29 is 35.9 Å². The summed E-state index contributed by atoms with van der Waals surface area (Å²) in [6, 6.07) is 13.0. The molecule has 0 aliphatic rings. The van der Waals surface area contributed by atoms with Crippen molar-refractivity contribution in [3.05, 3.63) is 101 Å². The minimum absolute atomic E-state index is 0.0142. The fourth-order valence-corrected chi connectivity index (χ4v) is 4.98. The molecule has 2 aromatic carbocycles. The van der Waals surface area contributed by atoms with Gasteiger partial charge in [0.1, 0.15) is 0 Å². The van der Waals surface area contributed by atoms with Crippen molar-refractivity contribution in [1.29, 1.82) is 0 Å². The van der Waals surface area contributed by atoms with E-state index in [1.165, 1.54) is 7.05 Å². The van der Waals surface area contributed by atoms with E-state index >= 15 is 0 Å². The largest absolute Gasteiger partial charge is 0.416 e. The van der Waals surface area contributed by atoms with Gasteiger partial charge in [-0.3, -0.25) is 14.6 Å². The lowest BCUT2D eigenvalue weighted by molar-refractivity contribution is -0.143. The average molecular weight is 605 g/mol. The van der Waals surface area contributed by atoms with Crippen LogP contribution in [0.5, 0.6) is 0 Å². The van der Waals surface area contributed by atoms with Gasteiger partial charge in [0.15, 0.2) is 0 Å². The van der Waals surface area contributed by atoms with Crippen molar-refractivity contribution in [2.45, 2.75) is 44.1 Å². The first-order valence-electron chi connectivity index (χ1n) is 13.5. The lowest BCUT2D eigenvalue weighted by Gasteiger charge is -2.29. The second-order valence-electron chi connectivity index (χ2n) is 10.3. The van der Waals surface area contributed by atoms with Crippen molar-refractivity contribution in [1.82, 2.24) is 19.8 Å². The maximum Gasteiger partial charge on any atom is 0.416 e. The monoisotopic (exact) mass is 604 g/mol. The molecule has 1 N–H and O–H groups in total. The molecule has 2 aromatic heterocycles. The van der Waals surface area contributed by atoms with Gasteiger partial charge in [-0.15, -0.1) is 0 Å². The Bertz CT molecular complexity index is 1550. The highest BCUT2D eigenvalue weighted by Gasteiger charge is 2.38. The number of carbonyl (C=O) groups is 2. The Labute approximate surface area is 244 Å². The third-order valence-corrected chi connectivity index (χ3v) is 7.27.